The molecule has 31 heavy (non-hydrogen) atoms. The van der Waals surface area contributed by atoms with Gasteiger partial charge in [-0.15, -0.1) is 0 Å². The predicted octanol–water partition coefficient (Wildman–Crippen LogP) is 3.77. The molecule has 2 aromatic carbocycles. The van der Waals surface area contributed by atoms with Gasteiger partial charge in [0.2, 0.25) is 15.9 Å². The zero-order valence-electron chi connectivity index (χ0n) is 17.5. The van der Waals surface area contributed by atoms with Crippen LogP contribution in [0.25, 0.3) is 6.08 Å². The van der Waals surface area contributed by atoms with Crippen LogP contribution in [0.15, 0.2) is 53.4 Å². The van der Waals surface area contributed by atoms with E-state index < -0.39 is 10.0 Å². The molecule has 1 aliphatic carbocycles. The summed E-state index contributed by atoms with van der Waals surface area (Å²) < 4.78 is 27.3. The van der Waals surface area contributed by atoms with E-state index in [9.17, 15) is 18.3 Å². The summed E-state index contributed by atoms with van der Waals surface area (Å²) in [7, 11) is -3.47. The Labute approximate surface area is 183 Å². The average Bonchev–Trinajstić information content (AvgIpc) is 2.98. The summed E-state index contributed by atoms with van der Waals surface area (Å²) in [5, 5.41) is 12.9. The SMILES string of the molecule is O=C(/C=C/c1ccc(S(=O)(=O)N2CCCCCC2)cc1)NC1CCc2c(O)cccc21. The Morgan fingerprint density at radius 3 is 2.45 bits per heavy atom. The molecule has 0 radical (unpaired) electrons. The van der Waals surface area contributed by atoms with Crippen molar-refractivity contribution in [1.29, 1.82) is 0 Å². The van der Waals surface area contributed by atoms with Gasteiger partial charge in [-0.2, -0.15) is 4.31 Å². The van der Waals surface area contributed by atoms with E-state index in [1.807, 2.05) is 6.07 Å². The monoisotopic (exact) mass is 440 g/mol. The van der Waals surface area contributed by atoms with Crippen LogP contribution in [-0.4, -0.2) is 36.8 Å². The standard InChI is InChI=1S/C24H28N2O4S/c27-23-7-5-6-20-21(23)13-14-22(20)25-24(28)15-10-18-8-11-19(12-9-18)31(29,30)26-16-3-1-2-4-17-26/h5-12,15,22,27H,1-4,13-14,16-17H2,(H,25,28)/b15-10+. The minimum atomic E-state index is -3.47. The van der Waals surface area contributed by atoms with Crippen molar-refractivity contribution in [2.24, 2.45) is 0 Å². The van der Waals surface area contributed by atoms with Crippen molar-refractivity contribution < 1.29 is 18.3 Å². The Bertz CT molecular complexity index is 1070. The van der Waals surface area contributed by atoms with E-state index in [1.165, 1.54) is 6.08 Å². The highest BCUT2D eigenvalue weighted by molar-refractivity contribution is 7.89. The third kappa shape index (κ3) is 4.83. The van der Waals surface area contributed by atoms with Gasteiger partial charge >= 0.3 is 0 Å². The molecule has 2 aliphatic rings. The van der Waals surface area contributed by atoms with Crippen LogP contribution in [0, 0.1) is 0 Å². The van der Waals surface area contributed by atoms with Gasteiger partial charge in [0.25, 0.3) is 0 Å². The molecular formula is C24H28N2O4S. The van der Waals surface area contributed by atoms with Gasteiger partial charge in [-0.1, -0.05) is 37.1 Å². The smallest absolute Gasteiger partial charge is 0.244 e. The third-order valence-corrected chi connectivity index (χ3v) is 7.99. The fourth-order valence-electron chi connectivity index (χ4n) is 4.36. The van der Waals surface area contributed by atoms with E-state index in [0.29, 0.717) is 18.0 Å². The summed E-state index contributed by atoms with van der Waals surface area (Å²) in [6.45, 7) is 1.15. The van der Waals surface area contributed by atoms with Crippen LogP contribution >= 0.6 is 0 Å². The molecule has 2 N–H and O–H groups in total. The van der Waals surface area contributed by atoms with Gasteiger partial charge < -0.3 is 10.4 Å². The van der Waals surface area contributed by atoms with Crippen LogP contribution in [0.5, 0.6) is 5.75 Å². The Kier molecular flexibility index (Phi) is 6.43. The van der Waals surface area contributed by atoms with Crippen molar-refractivity contribution in [3.8, 4) is 5.75 Å². The molecule has 1 unspecified atom stereocenters. The van der Waals surface area contributed by atoms with Crippen LogP contribution in [0.3, 0.4) is 0 Å². The number of hydrogen-bond donors (Lipinski definition) is 2. The zero-order valence-corrected chi connectivity index (χ0v) is 18.3. The number of nitrogens with zero attached hydrogens (tertiary/aromatic N) is 1. The predicted molar refractivity (Wildman–Crippen MR) is 120 cm³/mol. The van der Waals surface area contributed by atoms with E-state index in [-0.39, 0.29) is 17.7 Å². The van der Waals surface area contributed by atoms with Crippen LogP contribution in [0.4, 0.5) is 0 Å². The van der Waals surface area contributed by atoms with Crippen molar-refractivity contribution in [3.05, 3.63) is 65.2 Å². The molecule has 0 aromatic heterocycles. The molecular weight excluding hydrogens is 412 g/mol. The highest BCUT2D eigenvalue weighted by Gasteiger charge is 2.26. The van der Waals surface area contributed by atoms with Gasteiger partial charge in [-0.3, -0.25) is 4.79 Å². The molecule has 1 aliphatic heterocycles. The Morgan fingerprint density at radius 2 is 1.74 bits per heavy atom. The number of hydrogen-bond acceptors (Lipinski definition) is 4. The quantitative estimate of drug-likeness (QED) is 0.693. The summed E-state index contributed by atoms with van der Waals surface area (Å²) in [5.74, 6) is 0.0578. The number of rotatable bonds is 5. The molecule has 1 fully saturated rings. The normalized spacial score (nSPS) is 19.8. The summed E-state index contributed by atoms with van der Waals surface area (Å²) >= 11 is 0. The molecule has 0 saturated carbocycles. The molecule has 1 saturated heterocycles. The lowest BCUT2D eigenvalue weighted by atomic mass is 10.1. The first kappa shape index (κ1) is 21.6. The molecule has 0 bridgehead atoms. The Balaban J connectivity index is 1.39. The van der Waals surface area contributed by atoms with Crippen molar-refractivity contribution in [3.63, 3.8) is 0 Å². The number of sulfonamides is 1. The second-order valence-electron chi connectivity index (χ2n) is 8.17. The molecule has 1 atom stereocenters. The fourth-order valence-corrected chi connectivity index (χ4v) is 5.88. The van der Waals surface area contributed by atoms with E-state index in [4.69, 9.17) is 0 Å². The van der Waals surface area contributed by atoms with E-state index in [1.54, 1.807) is 46.8 Å². The van der Waals surface area contributed by atoms with Crippen LogP contribution in [0.1, 0.15) is 54.8 Å². The second-order valence-corrected chi connectivity index (χ2v) is 10.1. The number of fused-ring (bicyclic) bond motifs is 1. The molecule has 7 heteroatoms. The molecule has 164 valence electrons. The number of carbonyl (C=O) groups is 1. The molecule has 4 rings (SSSR count). The second kappa shape index (κ2) is 9.24. The summed E-state index contributed by atoms with van der Waals surface area (Å²) in [6, 6.07) is 11.9. The van der Waals surface area contributed by atoms with Gasteiger partial charge in [0.05, 0.1) is 10.9 Å². The van der Waals surface area contributed by atoms with Crippen LogP contribution < -0.4 is 5.32 Å². The number of benzene rings is 2. The van der Waals surface area contributed by atoms with Crippen LogP contribution in [-0.2, 0) is 21.2 Å². The van der Waals surface area contributed by atoms with E-state index in [2.05, 4.69) is 5.32 Å². The Hall–Kier alpha value is -2.64. The van der Waals surface area contributed by atoms with Crippen molar-refractivity contribution in [2.45, 2.75) is 49.5 Å². The summed E-state index contributed by atoms with van der Waals surface area (Å²) in [4.78, 5) is 12.7. The van der Waals surface area contributed by atoms with Crippen molar-refractivity contribution in [1.82, 2.24) is 9.62 Å². The maximum absolute atomic E-state index is 12.9. The zero-order chi connectivity index (χ0) is 21.8. The fraction of sp³-hybridized carbons (Fsp3) is 0.375. The Morgan fingerprint density at radius 1 is 1.03 bits per heavy atom. The van der Waals surface area contributed by atoms with E-state index in [0.717, 1.165) is 55.2 Å². The molecule has 1 amide bonds. The van der Waals surface area contributed by atoms with E-state index >= 15 is 0 Å². The molecule has 1 heterocycles. The van der Waals surface area contributed by atoms with Gasteiger partial charge in [0.15, 0.2) is 0 Å². The number of amides is 1. The average molecular weight is 441 g/mol. The topological polar surface area (TPSA) is 86.7 Å². The first-order valence-electron chi connectivity index (χ1n) is 10.8. The minimum absolute atomic E-state index is 0.111. The highest BCUT2D eigenvalue weighted by Crippen LogP contribution is 2.36. The maximum Gasteiger partial charge on any atom is 0.244 e. The van der Waals surface area contributed by atoms with Gasteiger partial charge in [0, 0.05) is 19.2 Å². The van der Waals surface area contributed by atoms with Gasteiger partial charge in [-0.25, -0.2) is 8.42 Å². The summed E-state index contributed by atoms with van der Waals surface area (Å²) in [5.41, 5.74) is 2.62. The number of carbonyl (C=O) groups excluding carboxylic acids is 1. The minimum Gasteiger partial charge on any atom is -0.508 e. The van der Waals surface area contributed by atoms with Crippen molar-refractivity contribution in [2.75, 3.05) is 13.1 Å². The number of aromatic hydroxyl groups is 1. The molecule has 0 spiro atoms. The summed E-state index contributed by atoms with van der Waals surface area (Å²) in [6.07, 6.45) is 8.59. The lowest BCUT2D eigenvalue weighted by Gasteiger charge is -2.19. The lowest BCUT2D eigenvalue weighted by molar-refractivity contribution is -0.117. The number of phenols is 1. The maximum atomic E-state index is 12.9. The highest BCUT2D eigenvalue weighted by atomic mass is 32.2. The molecule has 6 nitrogen and oxygen atoms in total. The number of nitrogens with one attached hydrogen (secondary N) is 1. The first-order valence-corrected chi connectivity index (χ1v) is 12.3. The van der Waals surface area contributed by atoms with Gasteiger partial charge in [0.1, 0.15) is 5.75 Å². The first-order chi connectivity index (χ1) is 14.9. The third-order valence-electron chi connectivity index (χ3n) is 6.07. The molecule has 2 aromatic rings. The van der Waals surface area contributed by atoms with Crippen molar-refractivity contribution >= 4 is 22.0 Å². The lowest BCUT2D eigenvalue weighted by Crippen LogP contribution is -2.31. The van der Waals surface area contributed by atoms with Gasteiger partial charge in [-0.05, 0) is 66.6 Å². The largest absolute Gasteiger partial charge is 0.508 e. The number of phenolic OH excluding ortho intramolecular Hbond substituents is 1. The van der Waals surface area contributed by atoms with Crippen LogP contribution in [0.2, 0.25) is 0 Å².